The van der Waals surface area contributed by atoms with Gasteiger partial charge in [-0.05, 0) is 6.42 Å². The number of hydroxylamine groups is 1. The normalized spacial score (nSPS) is 10.8. The second-order valence-corrected chi connectivity index (χ2v) is 3.86. The first-order valence-corrected chi connectivity index (χ1v) is 6.25. The third-order valence-corrected chi connectivity index (χ3v) is 2.37. The van der Waals surface area contributed by atoms with Gasteiger partial charge in [0.15, 0.2) is 0 Å². The Bertz CT molecular complexity index is 97.8. The van der Waals surface area contributed by atoms with Crippen molar-refractivity contribution >= 4 is 0 Å². The predicted octanol–water partition coefficient (Wildman–Crippen LogP) is 2.90. The third kappa shape index (κ3) is 13.9. The lowest BCUT2D eigenvalue weighted by molar-refractivity contribution is 0.00644. The molecule has 0 bridgehead atoms. The summed E-state index contributed by atoms with van der Waals surface area (Å²) in [5.74, 6) is 0. The van der Waals surface area contributed by atoms with Gasteiger partial charge in [-0.25, -0.2) is 5.48 Å². The Hall–Kier alpha value is -0.120. The molecule has 0 aliphatic carbocycles. The average molecular weight is 217 g/mol. The fraction of sp³-hybridized carbons (Fsp3) is 1.00. The van der Waals surface area contributed by atoms with E-state index in [1.807, 2.05) is 0 Å². The minimum Gasteiger partial charge on any atom is -0.382 e. The Morgan fingerprint density at radius 2 is 1.53 bits per heavy atom. The van der Waals surface area contributed by atoms with Gasteiger partial charge in [0, 0.05) is 13.7 Å². The van der Waals surface area contributed by atoms with Crippen molar-refractivity contribution in [2.45, 2.75) is 51.9 Å². The molecule has 0 aliphatic heterocycles. The molecule has 0 radical (unpaired) electrons. The molecule has 0 aromatic rings. The van der Waals surface area contributed by atoms with Crippen molar-refractivity contribution in [3.8, 4) is 0 Å². The summed E-state index contributed by atoms with van der Waals surface area (Å²) in [7, 11) is 1.68. The van der Waals surface area contributed by atoms with Crippen LogP contribution >= 0.6 is 0 Å². The van der Waals surface area contributed by atoms with Crippen LogP contribution in [-0.2, 0) is 9.57 Å². The molecule has 0 amide bonds. The van der Waals surface area contributed by atoms with Crippen molar-refractivity contribution in [1.82, 2.24) is 5.48 Å². The smallest absolute Gasteiger partial charge is 0.0915 e. The highest BCUT2D eigenvalue weighted by Gasteiger charge is 1.91. The van der Waals surface area contributed by atoms with Gasteiger partial charge in [0.05, 0.1) is 13.2 Å². The maximum absolute atomic E-state index is 5.14. The van der Waals surface area contributed by atoms with E-state index in [2.05, 4.69) is 12.4 Å². The summed E-state index contributed by atoms with van der Waals surface area (Å²) in [5, 5.41) is 0. The Labute approximate surface area is 94.5 Å². The first-order chi connectivity index (χ1) is 7.41. The highest BCUT2D eigenvalue weighted by molar-refractivity contribution is 4.45. The molecule has 0 aromatic carbocycles. The number of hydrogen-bond acceptors (Lipinski definition) is 3. The third-order valence-electron chi connectivity index (χ3n) is 2.37. The average Bonchev–Trinajstić information content (AvgIpc) is 2.26. The molecule has 92 valence electrons. The van der Waals surface area contributed by atoms with E-state index in [9.17, 15) is 0 Å². The SMILES string of the molecule is CCCCCCCCCNOCCOC. The largest absolute Gasteiger partial charge is 0.382 e. The van der Waals surface area contributed by atoms with Crippen molar-refractivity contribution < 1.29 is 9.57 Å². The molecule has 0 aromatic heterocycles. The van der Waals surface area contributed by atoms with E-state index in [0.29, 0.717) is 13.2 Å². The van der Waals surface area contributed by atoms with E-state index < -0.39 is 0 Å². The second-order valence-electron chi connectivity index (χ2n) is 3.86. The number of unbranched alkanes of at least 4 members (excludes halogenated alkanes) is 6. The van der Waals surface area contributed by atoms with Crippen LogP contribution in [0.2, 0.25) is 0 Å². The number of nitrogens with one attached hydrogen (secondary N) is 1. The minimum absolute atomic E-state index is 0.632. The molecule has 0 fully saturated rings. The molecule has 0 rings (SSSR count). The first-order valence-electron chi connectivity index (χ1n) is 6.25. The van der Waals surface area contributed by atoms with Crippen LogP contribution in [0.1, 0.15) is 51.9 Å². The molecule has 0 heterocycles. The van der Waals surface area contributed by atoms with E-state index in [4.69, 9.17) is 9.57 Å². The summed E-state index contributed by atoms with van der Waals surface area (Å²) in [6.07, 6.45) is 9.38. The van der Waals surface area contributed by atoms with Crippen LogP contribution in [-0.4, -0.2) is 26.9 Å². The molecule has 0 saturated heterocycles. The lowest BCUT2D eigenvalue weighted by Crippen LogP contribution is -2.18. The van der Waals surface area contributed by atoms with E-state index in [1.54, 1.807) is 7.11 Å². The van der Waals surface area contributed by atoms with Crippen LogP contribution in [0, 0.1) is 0 Å². The van der Waals surface area contributed by atoms with Gasteiger partial charge in [-0.15, -0.1) is 0 Å². The lowest BCUT2D eigenvalue weighted by Gasteiger charge is -2.05. The monoisotopic (exact) mass is 217 g/mol. The number of methoxy groups -OCH3 is 1. The number of hydrogen-bond donors (Lipinski definition) is 1. The van der Waals surface area contributed by atoms with Crippen LogP contribution in [0.25, 0.3) is 0 Å². The number of rotatable bonds is 12. The van der Waals surface area contributed by atoms with Gasteiger partial charge in [0.1, 0.15) is 0 Å². The van der Waals surface area contributed by atoms with Gasteiger partial charge < -0.3 is 4.74 Å². The molecule has 1 N–H and O–H groups in total. The summed E-state index contributed by atoms with van der Waals surface area (Å²) in [6.45, 7) is 4.50. The van der Waals surface area contributed by atoms with Gasteiger partial charge in [-0.2, -0.15) is 0 Å². The van der Waals surface area contributed by atoms with Crippen molar-refractivity contribution in [3.05, 3.63) is 0 Å². The van der Waals surface area contributed by atoms with Crippen LogP contribution in [0.3, 0.4) is 0 Å². The van der Waals surface area contributed by atoms with Crippen LogP contribution in [0.4, 0.5) is 0 Å². The molecule has 15 heavy (non-hydrogen) atoms. The summed E-state index contributed by atoms with van der Waals surface area (Å²) in [5.41, 5.74) is 2.94. The van der Waals surface area contributed by atoms with Crippen molar-refractivity contribution in [2.24, 2.45) is 0 Å². The molecular weight excluding hydrogens is 190 g/mol. The molecule has 0 saturated carbocycles. The van der Waals surface area contributed by atoms with Crippen LogP contribution in [0.15, 0.2) is 0 Å². The van der Waals surface area contributed by atoms with Gasteiger partial charge in [0.25, 0.3) is 0 Å². The zero-order valence-electron chi connectivity index (χ0n) is 10.4. The lowest BCUT2D eigenvalue weighted by atomic mass is 10.1. The van der Waals surface area contributed by atoms with E-state index >= 15 is 0 Å². The van der Waals surface area contributed by atoms with E-state index in [0.717, 1.165) is 6.54 Å². The molecular formula is C12H27NO2. The molecule has 0 spiro atoms. The molecule has 3 heteroatoms. The maximum Gasteiger partial charge on any atom is 0.0915 e. The Balaban J connectivity index is 2.81. The van der Waals surface area contributed by atoms with Crippen molar-refractivity contribution in [3.63, 3.8) is 0 Å². The molecule has 3 nitrogen and oxygen atoms in total. The standard InChI is InChI=1S/C12H27NO2/c1-3-4-5-6-7-8-9-10-13-15-12-11-14-2/h13H,3-12H2,1-2H3. The Morgan fingerprint density at radius 1 is 0.867 bits per heavy atom. The summed E-state index contributed by atoms with van der Waals surface area (Å²) in [4.78, 5) is 5.14. The second kappa shape index (κ2) is 13.9. The van der Waals surface area contributed by atoms with E-state index in [-0.39, 0.29) is 0 Å². The highest BCUT2D eigenvalue weighted by Crippen LogP contribution is 2.06. The van der Waals surface area contributed by atoms with Gasteiger partial charge in [-0.1, -0.05) is 45.4 Å². The maximum atomic E-state index is 5.14. The Kier molecular flexibility index (Phi) is 13.8. The Morgan fingerprint density at radius 3 is 2.20 bits per heavy atom. The van der Waals surface area contributed by atoms with Gasteiger partial charge >= 0.3 is 0 Å². The first kappa shape index (κ1) is 14.9. The fourth-order valence-corrected chi connectivity index (χ4v) is 1.42. The fourth-order valence-electron chi connectivity index (χ4n) is 1.42. The predicted molar refractivity (Wildman–Crippen MR) is 63.8 cm³/mol. The zero-order valence-corrected chi connectivity index (χ0v) is 10.4. The van der Waals surface area contributed by atoms with Gasteiger partial charge in [-0.3, -0.25) is 4.84 Å². The van der Waals surface area contributed by atoms with Crippen LogP contribution < -0.4 is 5.48 Å². The topological polar surface area (TPSA) is 30.5 Å². The highest BCUT2D eigenvalue weighted by atomic mass is 16.7. The summed E-state index contributed by atoms with van der Waals surface area (Å²) in [6, 6.07) is 0. The van der Waals surface area contributed by atoms with Crippen molar-refractivity contribution in [2.75, 3.05) is 26.9 Å². The zero-order chi connectivity index (χ0) is 11.2. The summed E-state index contributed by atoms with van der Waals surface area (Å²) >= 11 is 0. The summed E-state index contributed by atoms with van der Waals surface area (Å²) < 4.78 is 4.86. The molecule has 0 unspecified atom stereocenters. The van der Waals surface area contributed by atoms with Crippen molar-refractivity contribution in [1.29, 1.82) is 0 Å². The van der Waals surface area contributed by atoms with Crippen LogP contribution in [0.5, 0.6) is 0 Å². The van der Waals surface area contributed by atoms with Gasteiger partial charge in [0.2, 0.25) is 0 Å². The minimum atomic E-state index is 0.632. The quantitative estimate of drug-likeness (QED) is 0.403. The molecule has 0 atom stereocenters. The van der Waals surface area contributed by atoms with E-state index in [1.165, 1.54) is 44.9 Å². The molecule has 0 aliphatic rings. The number of ether oxygens (including phenoxy) is 1.